The number of anilines is 1. The summed E-state index contributed by atoms with van der Waals surface area (Å²) in [4.78, 5) is 43.5. The molecule has 2 aromatic carbocycles. The second-order valence-corrected chi connectivity index (χ2v) is 12.9. The molecule has 2 N–H and O–H groups in total. The van der Waals surface area contributed by atoms with Crippen molar-refractivity contribution in [3.8, 4) is 0 Å². The van der Waals surface area contributed by atoms with Gasteiger partial charge in [-0.1, -0.05) is 101 Å². The summed E-state index contributed by atoms with van der Waals surface area (Å²) in [7, 11) is 0. The molecule has 0 aromatic heterocycles. The lowest BCUT2D eigenvalue weighted by atomic mass is 9.93. The maximum Gasteiger partial charge on any atom is 0.408 e. The molecule has 0 fully saturated rings. The Kier molecular flexibility index (Phi) is 14.2. The van der Waals surface area contributed by atoms with Crippen molar-refractivity contribution in [2.45, 2.75) is 125 Å². The van der Waals surface area contributed by atoms with Crippen molar-refractivity contribution in [3.63, 3.8) is 0 Å². The molecule has 0 spiro atoms. The molecule has 0 saturated carbocycles. The molecule has 2 rings (SSSR count). The lowest BCUT2D eigenvalue weighted by Gasteiger charge is -2.36. The molecule has 3 atom stereocenters. The summed E-state index contributed by atoms with van der Waals surface area (Å²) >= 11 is 0. The Labute approximate surface area is 260 Å². The Balaban J connectivity index is 2.59. The lowest BCUT2D eigenvalue weighted by Crippen LogP contribution is -2.55. The fraction of sp³-hybridized carbons (Fsp3) is 0.583. The zero-order valence-electron chi connectivity index (χ0n) is 28.0. The van der Waals surface area contributed by atoms with E-state index in [1.165, 1.54) is 6.42 Å². The minimum Gasteiger partial charge on any atom is -0.444 e. The zero-order chi connectivity index (χ0) is 32.2. The molecule has 7 nitrogen and oxygen atoms in total. The lowest BCUT2D eigenvalue weighted by molar-refractivity contribution is -0.142. The van der Waals surface area contributed by atoms with Crippen molar-refractivity contribution < 1.29 is 19.1 Å². The smallest absolute Gasteiger partial charge is 0.408 e. The van der Waals surface area contributed by atoms with Gasteiger partial charge < -0.3 is 20.3 Å². The van der Waals surface area contributed by atoms with E-state index in [1.54, 1.807) is 25.7 Å². The molecule has 238 valence electrons. The van der Waals surface area contributed by atoms with E-state index in [9.17, 15) is 14.4 Å². The number of ether oxygens (including phenoxy) is 1. The summed E-state index contributed by atoms with van der Waals surface area (Å²) in [5.74, 6) is -0.731. The number of carbonyl (C=O) groups is 3. The van der Waals surface area contributed by atoms with Gasteiger partial charge in [-0.3, -0.25) is 9.59 Å². The molecule has 0 aliphatic rings. The fourth-order valence-corrected chi connectivity index (χ4v) is 5.22. The monoisotopic (exact) mass is 593 g/mol. The quantitative estimate of drug-likeness (QED) is 0.203. The standard InChI is InChI=1S/C36H55N3O4/c1-10-12-13-14-15-18-23-39(34(41)31(26(4)11-2)38-35(42)43-36(7,8)9)32(29-22-21-25(3)24-28(29)6)33(40)37-30-20-17-16-19-27(30)5/h16-17,19-22,24,26,31-32H,10-15,18,23H2,1-9H3,(H,37,40)(H,38,42). The number of alkyl carbamates (subject to hydrolysis) is 1. The minimum atomic E-state index is -0.879. The normalized spacial score (nSPS) is 13.5. The van der Waals surface area contributed by atoms with Crippen LogP contribution in [-0.4, -0.2) is 41.0 Å². The number of benzene rings is 2. The molecule has 0 aliphatic heterocycles. The summed E-state index contributed by atoms with van der Waals surface area (Å²) in [6.07, 6.45) is 6.30. The highest BCUT2D eigenvalue weighted by molar-refractivity contribution is 5.99. The molecule has 43 heavy (non-hydrogen) atoms. The molecule has 3 unspecified atom stereocenters. The van der Waals surface area contributed by atoms with Gasteiger partial charge in [0.2, 0.25) is 5.91 Å². The first-order valence-electron chi connectivity index (χ1n) is 16.0. The van der Waals surface area contributed by atoms with Gasteiger partial charge in [0.05, 0.1) is 0 Å². The van der Waals surface area contributed by atoms with E-state index in [0.29, 0.717) is 18.7 Å². The van der Waals surface area contributed by atoms with E-state index < -0.39 is 23.8 Å². The molecular formula is C36H55N3O4. The molecule has 2 aromatic rings. The van der Waals surface area contributed by atoms with Crippen LogP contribution >= 0.6 is 0 Å². The van der Waals surface area contributed by atoms with Crippen LogP contribution in [0.25, 0.3) is 0 Å². The van der Waals surface area contributed by atoms with Crippen molar-refractivity contribution in [2.24, 2.45) is 5.92 Å². The van der Waals surface area contributed by atoms with Crippen molar-refractivity contribution >= 4 is 23.6 Å². The number of aryl methyl sites for hydroxylation is 3. The average Bonchev–Trinajstić information content (AvgIpc) is 2.93. The predicted molar refractivity (Wildman–Crippen MR) is 176 cm³/mol. The third kappa shape index (κ3) is 11.3. The van der Waals surface area contributed by atoms with Crippen LogP contribution in [0.4, 0.5) is 10.5 Å². The van der Waals surface area contributed by atoms with E-state index in [2.05, 4.69) is 17.6 Å². The second-order valence-electron chi connectivity index (χ2n) is 12.9. The van der Waals surface area contributed by atoms with Gasteiger partial charge in [0.1, 0.15) is 17.7 Å². The summed E-state index contributed by atoms with van der Waals surface area (Å²) in [6.45, 7) is 17.9. The fourth-order valence-electron chi connectivity index (χ4n) is 5.22. The summed E-state index contributed by atoms with van der Waals surface area (Å²) in [5.41, 5.74) is 3.73. The maximum absolute atomic E-state index is 14.6. The Hall–Kier alpha value is -3.35. The Morgan fingerprint density at radius 3 is 2.14 bits per heavy atom. The molecule has 0 saturated heterocycles. The van der Waals surface area contributed by atoms with Gasteiger partial charge in [0, 0.05) is 12.2 Å². The number of amides is 3. The largest absolute Gasteiger partial charge is 0.444 e. The molecule has 0 bridgehead atoms. The van der Waals surface area contributed by atoms with Crippen molar-refractivity contribution in [1.82, 2.24) is 10.2 Å². The third-order valence-electron chi connectivity index (χ3n) is 7.87. The van der Waals surface area contributed by atoms with Gasteiger partial charge in [0.15, 0.2) is 0 Å². The van der Waals surface area contributed by atoms with Crippen molar-refractivity contribution in [3.05, 3.63) is 64.7 Å². The first-order chi connectivity index (χ1) is 20.3. The molecule has 0 aliphatic carbocycles. The van der Waals surface area contributed by atoms with E-state index in [-0.39, 0.29) is 17.7 Å². The van der Waals surface area contributed by atoms with Crippen LogP contribution in [-0.2, 0) is 14.3 Å². The molecular weight excluding hydrogens is 538 g/mol. The van der Waals surface area contributed by atoms with Crippen LogP contribution in [0.3, 0.4) is 0 Å². The Morgan fingerprint density at radius 1 is 0.884 bits per heavy atom. The van der Waals surface area contributed by atoms with Crippen LogP contribution < -0.4 is 10.6 Å². The van der Waals surface area contributed by atoms with E-state index in [4.69, 9.17) is 4.74 Å². The van der Waals surface area contributed by atoms with Gasteiger partial charge in [-0.05, 0) is 76.6 Å². The maximum atomic E-state index is 14.6. The third-order valence-corrected chi connectivity index (χ3v) is 7.87. The van der Waals surface area contributed by atoms with Gasteiger partial charge in [0.25, 0.3) is 5.91 Å². The number of rotatable bonds is 15. The number of para-hydroxylation sites is 1. The van der Waals surface area contributed by atoms with Gasteiger partial charge in [-0.25, -0.2) is 4.79 Å². The van der Waals surface area contributed by atoms with Gasteiger partial charge in [-0.15, -0.1) is 0 Å². The van der Waals surface area contributed by atoms with E-state index in [0.717, 1.165) is 54.4 Å². The topological polar surface area (TPSA) is 87.7 Å². The minimum absolute atomic E-state index is 0.175. The number of hydrogen-bond acceptors (Lipinski definition) is 4. The zero-order valence-corrected chi connectivity index (χ0v) is 28.0. The number of carbonyl (C=O) groups excluding carboxylic acids is 3. The van der Waals surface area contributed by atoms with Crippen LogP contribution in [0.15, 0.2) is 42.5 Å². The summed E-state index contributed by atoms with van der Waals surface area (Å²) in [6, 6.07) is 11.9. The average molecular weight is 594 g/mol. The Bertz CT molecular complexity index is 1200. The summed E-state index contributed by atoms with van der Waals surface area (Å²) in [5, 5.41) is 5.98. The molecule has 7 heteroatoms. The molecule has 3 amide bonds. The predicted octanol–water partition coefficient (Wildman–Crippen LogP) is 8.42. The highest BCUT2D eigenvalue weighted by atomic mass is 16.6. The van der Waals surface area contributed by atoms with E-state index in [1.807, 2.05) is 77.1 Å². The molecule has 0 radical (unpaired) electrons. The molecule has 0 heterocycles. The highest BCUT2D eigenvalue weighted by Crippen LogP contribution is 2.30. The Morgan fingerprint density at radius 2 is 1.53 bits per heavy atom. The first kappa shape index (κ1) is 35.8. The number of nitrogens with one attached hydrogen (secondary N) is 2. The first-order valence-corrected chi connectivity index (χ1v) is 16.0. The van der Waals surface area contributed by atoms with Gasteiger partial charge >= 0.3 is 6.09 Å². The van der Waals surface area contributed by atoms with Crippen LogP contribution in [0.2, 0.25) is 0 Å². The summed E-state index contributed by atoms with van der Waals surface area (Å²) < 4.78 is 5.55. The number of unbranched alkanes of at least 4 members (excludes halogenated alkanes) is 5. The van der Waals surface area contributed by atoms with Gasteiger partial charge in [-0.2, -0.15) is 0 Å². The van der Waals surface area contributed by atoms with E-state index >= 15 is 0 Å². The van der Waals surface area contributed by atoms with Crippen LogP contribution in [0.5, 0.6) is 0 Å². The van der Waals surface area contributed by atoms with Crippen LogP contribution in [0.1, 0.15) is 115 Å². The number of hydrogen-bond donors (Lipinski definition) is 2. The SMILES string of the molecule is CCCCCCCCN(C(=O)C(NC(=O)OC(C)(C)C)C(C)CC)C(C(=O)Nc1ccccc1C)c1ccc(C)cc1C. The number of nitrogens with zero attached hydrogens (tertiary/aromatic N) is 1. The van der Waals surface area contributed by atoms with Crippen molar-refractivity contribution in [2.75, 3.05) is 11.9 Å². The van der Waals surface area contributed by atoms with Crippen molar-refractivity contribution in [1.29, 1.82) is 0 Å². The highest BCUT2D eigenvalue weighted by Gasteiger charge is 2.38. The second kappa shape index (κ2) is 17.1. The van der Waals surface area contributed by atoms with Crippen LogP contribution in [0, 0.1) is 26.7 Å².